The molecule has 0 aliphatic carbocycles. The minimum atomic E-state index is -0.455. The summed E-state index contributed by atoms with van der Waals surface area (Å²) in [5.41, 5.74) is -0.192. The van der Waals surface area contributed by atoms with Crippen LogP contribution in [0, 0.1) is 0 Å². The quantitative estimate of drug-likeness (QED) is 0.582. The van der Waals surface area contributed by atoms with Crippen molar-refractivity contribution in [3.63, 3.8) is 0 Å². The Morgan fingerprint density at radius 2 is 1.73 bits per heavy atom. The molecule has 1 fully saturated rings. The van der Waals surface area contributed by atoms with E-state index in [9.17, 15) is 0 Å². The summed E-state index contributed by atoms with van der Waals surface area (Å²) >= 11 is 0. The molecule has 0 N–H and O–H groups in total. The predicted octanol–water partition coefficient (Wildman–Crippen LogP) is 1.52. The molecule has 66 valence electrons. The molecule has 1 saturated heterocycles. The molecule has 0 amide bonds. The van der Waals surface area contributed by atoms with Crippen LogP contribution >= 0.6 is 0 Å². The number of hydrogen-bond acceptors (Lipinski definition) is 3. The van der Waals surface area contributed by atoms with Gasteiger partial charge in [-0.2, -0.15) is 0 Å². The second kappa shape index (κ2) is 3.52. The van der Waals surface area contributed by atoms with E-state index in [1.165, 1.54) is 0 Å². The predicted molar refractivity (Wildman–Crippen MR) is 41.1 cm³/mol. The second-order valence-corrected chi connectivity index (χ2v) is 3.61. The maximum atomic E-state index is 5.43. The van der Waals surface area contributed by atoms with E-state index in [-0.39, 0.29) is 5.60 Å². The zero-order valence-corrected chi connectivity index (χ0v) is 7.42. The largest absolute Gasteiger partial charge is 0.330 e. The van der Waals surface area contributed by atoms with Gasteiger partial charge in [-0.15, -0.1) is 0 Å². The SMILES string of the molecule is CC(C)(C)OC1OCCCO1. The Morgan fingerprint density at radius 3 is 2.18 bits per heavy atom. The van der Waals surface area contributed by atoms with Gasteiger partial charge >= 0.3 is 0 Å². The Balaban J connectivity index is 2.24. The molecule has 11 heavy (non-hydrogen) atoms. The van der Waals surface area contributed by atoms with Crippen LogP contribution in [0.1, 0.15) is 27.2 Å². The van der Waals surface area contributed by atoms with Crippen LogP contribution in [0.2, 0.25) is 0 Å². The first-order valence-electron chi connectivity index (χ1n) is 3.99. The first-order chi connectivity index (χ1) is 5.08. The topological polar surface area (TPSA) is 27.7 Å². The molecule has 1 aliphatic rings. The minimum absolute atomic E-state index is 0.192. The zero-order chi connectivity index (χ0) is 8.32. The van der Waals surface area contributed by atoms with Crippen LogP contribution in [0.5, 0.6) is 0 Å². The first kappa shape index (κ1) is 8.97. The number of hydrogen-bond donors (Lipinski definition) is 0. The van der Waals surface area contributed by atoms with E-state index in [2.05, 4.69) is 0 Å². The van der Waals surface area contributed by atoms with Gasteiger partial charge in [0.1, 0.15) is 0 Å². The highest BCUT2D eigenvalue weighted by Gasteiger charge is 2.21. The molecule has 0 aromatic rings. The molecule has 0 unspecified atom stereocenters. The van der Waals surface area contributed by atoms with Crippen molar-refractivity contribution in [2.24, 2.45) is 0 Å². The van der Waals surface area contributed by atoms with Gasteiger partial charge in [-0.25, -0.2) is 0 Å². The standard InChI is InChI=1S/C8H16O3/c1-8(2,3)11-7-9-5-4-6-10-7/h7H,4-6H2,1-3H3. The third-order valence-electron chi connectivity index (χ3n) is 1.25. The van der Waals surface area contributed by atoms with Gasteiger partial charge in [-0.05, 0) is 27.2 Å². The fraction of sp³-hybridized carbons (Fsp3) is 1.00. The summed E-state index contributed by atoms with van der Waals surface area (Å²) < 4.78 is 15.9. The highest BCUT2D eigenvalue weighted by molar-refractivity contribution is 4.58. The lowest BCUT2D eigenvalue weighted by Crippen LogP contribution is -2.34. The van der Waals surface area contributed by atoms with Crippen molar-refractivity contribution < 1.29 is 14.2 Å². The van der Waals surface area contributed by atoms with E-state index >= 15 is 0 Å². The lowest BCUT2D eigenvalue weighted by molar-refractivity contribution is -0.337. The molecule has 1 aliphatic heterocycles. The van der Waals surface area contributed by atoms with E-state index < -0.39 is 6.48 Å². The van der Waals surface area contributed by atoms with Gasteiger partial charge < -0.3 is 14.2 Å². The van der Waals surface area contributed by atoms with Gasteiger partial charge in [-0.1, -0.05) is 0 Å². The van der Waals surface area contributed by atoms with E-state index in [4.69, 9.17) is 14.2 Å². The molecular formula is C8H16O3. The summed E-state index contributed by atoms with van der Waals surface area (Å²) in [6, 6.07) is 0. The van der Waals surface area contributed by atoms with E-state index in [1.807, 2.05) is 20.8 Å². The molecule has 0 atom stereocenters. The number of rotatable bonds is 1. The fourth-order valence-electron chi connectivity index (χ4n) is 0.823. The van der Waals surface area contributed by atoms with Crippen LogP contribution in [-0.2, 0) is 14.2 Å². The van der Waals surface area contributed by atoms with Crippen LogP contribution < -0.4 is 0 Å². The lowest BCUT2D eigenvalue weighted by Gasteiger charge is -2.29. The molecule has 0 spiro atoms. The third-order valence-corrected chi connectivity index (χ3v) is 1.25. The van der Waals surface area contributed by atoms with Gasteiger partial charge in [-0.3, -0.25) is 0 Å². The Kier molecular flexibility index (Phi) is 2.87. The molecule has 0 aromatic heterocycles. The molecule has 0 saturated carbocycles. The Labute approximate surface area is 67.6 Å². The molecule has 0 radical (unpaired) electrons. The fourth-order valence-corrected chi connectivity index (χ4v) is 0.823. The van der Waals surface area contributed by atoms with Gasteiger partial charge in [0.05, 0.1) is 18.8 Å². The van der Waals surface area contributed by atoms with Crippen molar-refractivity contribution in [3.8, 4) is 0 Å². The van der Waals surface area contributed by atoms with Crippen LogP contribution in [0.3, 0.4) is 0 Å². The molecule has 3 nitrogen and oxygen atoms in total. The summed E-state index contributed by atoms with van der Waals surface area (Å²) in [5, 5.41) is 0. The molecule has 0 bridgehead atoms. The van der Waals surface area contributed by atoms with Crippen LogP contribution in [0.4, 0.5) is 0 Å². The molecular weight excluding hydrogens is 144 g/mol. The third kappa shape index (κ3) is 3.70. The minimum Gasteiger partial charge on any atom is -0.330 e. The van der Waals surface area contributed by atoms with Crippen LogP contribution in [0.25, 0.3) is 0 Å². The monoisotopic (exact) mass is 160 g/mol. The maximum Gasteiger partial charge on any atom is 0.272 e. The maximum absolute atomic E-state index is 5.43. The highest BCUT2D eigenvalue weighted by Crippen LogP contribution is 2.15. The second-order valence-electron chi connectivity index (χ2n) is 3.61. The van der Waals surface area contributed by atoms with Crippen molar-refractivity contribution >= 4 is 0 Å². The number of ether oxygens (including phenoxy) is 3. The summed E-state index contributed by atoms with van der Waals surface area (Å²) in [5.74, 6) is 0. The summed E-state index contributed by atoms with van der Waals surface area (Å²) in [4.78, 5) is 0. The molecule has 3 heteroatoms. The van der Waals surface area contributed by atoms with Crippen molar-refractivity contribution in [2.45, 2.75) is 39.3 Å². The Hall–Kier alpha value is -0.120. The van der Waals surface area contributed by atoms with Crippen molar-refractivity contribution in [2.75, 3.05) is 13.2 Å². The van der Waals surface area contributed by atoms with Crippen molar-refractivity contribution in [3.05, 3.63) is 0 Å². The van der Waals surface area contributed by atoms with Crippen molar-refractivity contribution in [1.29, 1.82) is 0 Å². The molecule has 1 rings (SSSR count). The van der Waals surface area contributed by atoms with Gasteiger partial charge in [0.2, 0.25) is 0 Å². The van der Waals surface area contributed by atoms with Crippen LogP contribution in [-0.4, -0.2) is 25.3 Å². The van der Waals surface area contributed by atoms with Crippen molar-refractivity contribution in [1.82, 2.24) is 0 Å². The van der Waals surface area contributed by atoms with E-state index in [0.717, 1.165) is 19.6 Å². The van der Waals surface area contributed by atoms with E-state index in [0.29, 0.717) is 0 Å². The Morgan fingerprint density at radius 1 is 1.18 bits per heavy atom. The normalized spacial score (nSPS) is 22.1. The average Bonchev–Trinajstić information content (AvgIpc) is 1.85. The van der Waals surface area contributed by atoms with Gasteiger partial charge in [0.25, 0.3) is 6.48 Å². The van der Waals surface area contributed by atoms with E-state index in [1.54, 1.807) is 0 Å². The highest BCUT2D eigenvalue weighted by atomic mass is 16.9. The first-order valence-corrected chi connectivity index (χ1v) is 3.99. The smallest absolute Gasteiger partial charge is 0.272 e. The lowest BCUT2D eigenvalue weighted by atomic mass is 10.2. The summed E-state index contributed by atoms with van der Waals surface area (Å²) in [7, 11) is 0. The molecule has 0 aromatic carbocycles. The molecule has 1 heterocycles. The van der Waals surface area contributed by atoms with Crippen LogP contribution in [0.15, 0.2) is 0 Å². The zero-order valence-electron chi connectivity index (χ0n) is 7.42. The Bertz CT molecular complexity index is 111. The average molecular weight is 160 g/mol. The van der Waals surface area contributed by atoms with Gasteiger partial charge in [0, 0.05) is 0 Å². The van der Waals surface area contributed by atoms with Gasteiger partial charge in [0.15, 0.2) is 0 Å². The summed E-state index contributed by atoms with van der Waals surface area (Å²) in [6.07, 6.45) is 0.962. The summed E-state index contributed by atoms with van der Waals surface area (Å²) in [6.45, 7) is 6.96.